The Morgan fingerprint density at radius 2 is 1.65 bits per heavy atom. The maximum Gasteiger partial charge on any atom is 0.127 e. The molecule has 2 heteroatoms. The molecule has 0 radical (unpaired) electrons. The zero-order valence-corrected chi connectivity index (χ0v) is 9.91. The van der Waals surface area contributed by atoms with Gasteiger partial charge in [0.2, 0.25) is 0 Å². The van der Waals surface area contributed by atoms with E-state index in [0.29, 0.717) is 5.56 Å². The van der Waals surface area contributed by atoms with Crippen molar-refractivity contribution < 1.29 is 4.39 Å². The number of hydrogen-bond acceptors (Lipinski definition) is 1. The molecule has 0 aliphatic carbocycles. The van der Waals surface area contributed by atoms with E-state index in [4.69, 9.17) is 5.73 Å². The zero-order valence-electron chi connectivity index (χ0n) is 9.91. The van der Waals surface area contributed by atoms with Gasteiger partial charge in [-0.25, -0.2) is 4.39 Å². The average Bonchev–Trinajstić information content (AvgIpc) is 2.39. The van der Waals surface area contributed by atoms with E-state index in [9.17, 15) is 4.39 Å². The lowest BCUT2D eigenvalue weighted by Gasteiger charge is -2.06. The first-order chi connectivity index (χ1) is 8.24. The predicted octanol–water partition coefficient (Wildman–Crippen LogP) is 3.51. The van der Waals surface area contributed by atoms with Crippen LogP contribution in [0.1, 0.15) is 18.1 Å². The Morgan fingerprint density at radius 1 is 1.00 bits per heavy atom. The van der Waals surface area contributed by atoms with Crippen LogP contribution in [0.4, 0.5) is 4.39 Å². The summed E-state index contributed by atoms with van der Waals surface area (Å²) in [6.45, 7) is 2.35. The van der Waals surface area contributed by atoms with Crippen molar-refractivity contribution in [2.24, 2.45) is 5.73 Å². The third-order valence-corrected chi connectivity index (χ3v) is 2.96. The van der Waals surface area contributed by atoms with Gasteiger partial charge in [0, 0.05) is 12.1 Å². The molecule has 0 aliphatic rings. The second kappa shape index (κ2) is 5.11. The van der Waals surface area contributed by atoms with E-state index in [2.05, 4.69) is 31.2 Å². The van der Waals surface area contributed by atoms with Crippen molar-refractivity contribution in [2.75, 3.05) is 0 Å². The summed E-state index contributed by atoms with van der Waals surface area (Å²) in [6, 6.07) is 13.4. The van der Waals surface area contributed by atoms with Gasteiger partial charge in [0.1, 0.15) is 5.82 Å². The smallest absolute Gasteiger partial charge is 0.127 e. The van der Waals surface area contributed by atoms with E-state index in [1.54, 1.807) is 6.07 Å². The Morgan fingerprint density at radius 3 is 2.24 bits per heavy atom. The van der Waals surface area contributed by atoms with Crippen LogP contribution in [0.3, 0.4) is 0 Å². The second-order valence-corrected chi connectivity index (χ2v) is 4.06. The van der Waals surface area contributed by atoms with E-state index >= 15 is 0 Å². The van der Waals surface area contributed by atoms with Crippen LogP contribution < -0.4 is 5.73 Å². The fraction of sp³-hybridized carbons (Fsp3) is 0.200. The molecule has 0 saturated heterocycles. The number of rotatable bonds is 3. The highest BCUT2D eigenvalue weighted by Gasteiger charge is 2.03. The van der Waals surface area contributed by atoms with Crippen LogP contribution in [-0.2, 0) is 13.0 Å². The maximum atomic E-state index is 13.3. The van der Waals surface area contributed by atoms with Crippen molar-refractivity contribution in [2.45, 2.75) is 19.9 Å². The lowest BCUT2D eigenvalue weighted by Crippen LogP contribution is -1.99. The first-order valence-electron chi connectivity index (χ1n) is 5.82. The van der Waals surface area contributed by atoms with Gasteiger partial charge in [-0.1, -0.05) is 37.3 Å². The Hall–Kier alpha value is -1.67. The van der Waals surface area contributed by atoms with Gasteiger partial charge in [0.05, 0.1) is 0 Å². The molecule has 0 amide bonds. The van der Waals surface area contributed by atoms with Gasteiger partial charge < -0.3 is 5.73 Å². The normalized spacial score (nSPS) is 10.5. The van der Waals surface area contributed by atoms with Gasteiger partial charge in [0.25, 0.3) is 0 Å². The number of hydrogen-bond donors (Lipinski definition) is 1. The maximum absolute atomic E-state index is 13.3. The fourth-order valence-electron chi connectivity index (χ4n) is 1.84. The van der Waals surface area contributed by atoms with Crippen molar-refractivity contribution in [1.29, 1.82) is 0 Å². The predicted molar refractivity (Wildman–Crippen MR) is 69.1 cm³/mol. The van der Waals surface area contributed by atoms with Crippen LogP contribution in [0.5, 0.6) is 0 Å². The highest BCUT2D eigenvalue weighted by molar-refractivity contribution is 5.64. The highest BCUT2D eigenvalue weighted by atomic mass is 19.1. The molecule has 17 heavy (non-hydrogen) atoms. The average molecular weight is 229 g/mol. The van der Waals surface area contributed by atoms with E-state index in [1.165, 1.54) is 11.6 Å². The molecule has 1 nitrogen and oxygen atoms in total. The summed E-state index contributed by atoms with van der Waals surface area (Å²) in [5, 5.41) is 0. The topological polar surface area (TPSA) is 26.0 Å². The standard InChI is InChI=1S/C15H16FN/c1-2-11-3-5-12(6-4-11)13-7-8-15(16)14(9-13)10-17/h3-9H,2,10,17H2,1H3. The minimum Gasteiger partial charge on any atom is -0.326 e. The van der Waals surface area contributed by atoms with Crippen LogP contribution >= 0.6 is 0 Å². The molecule has 0 aromatic heterocycles. The second-order valence-electron chi connectivity index (χ2n) is 4.06. The molecule has 0 heterocycles. The van der Waals surface area contributed by atoms with Crippen molar-refractivity contribution in [3.63, 3.8) is 0 Å². The van der Waals surface area contributed by atoms with Crippen molar-refractivity contribution in [3.05, 3.63) is 59.4 Å². The largest absolute Gasteiger partial charge is 0.326 e. The lowest BCUT2D eigenvalue weighted by molar-refractivity contribution is 0.611. The van der Waals surface area contributed by atoms with Crippen molar-refractivity contribution in [1.82, 2.24) is 0 Å². The van der Waals surface area contributed by atoms with E-state index in [1.807, 2.05) is 6.07 Å². The minimum absolute atomic E-state index is 0.229. The molecule has 0 unspecified atom stereocenters. The summed E-state index contributed by atoms with van der Waals surface area (Å²) in [4.78, 5) is 0. The number of aryl methyl sites for hydroxylation is 1. The van der Waals surface area contributed by atoms with Crippen LogP contribution in [0.15, 0.2) is 42.5 Å². The van der Waals surface area contributed by atoms with Crippen LogP contribution in [-0.4, -0.2) is 0 Å². The van der Waals surface area contributed by atoms with Gasteiger partial charge in [0.15, 0.2) is 0 Å². The van der Waals surface area contributed by atoms with Crippen LogP contribution in [0.2, 0.25) is 0 Å². The highest BCUT2D eigenvalue weighted by Crippen LogP contribution is 2.22. The molecule has 88 valence electrons. The molecule has 0 spiro atoms. The summed E-state index contributed by atoms with van der Waals surface area (Å²) >= 11 is 0. The van der Waals surface area contributed by atoms with Gasteiger partial charge in [-0.05, 0) is 35.2 Å². The lowest BCUT2D eigenvalue weighted by atomic mass is 10.0. The molecule has 2 rings (SSSR count). The number of halogens is 1. The first kappa shape index (κ1) is 11.8. The third kappa shape index (κ3) is 2.53. The van der Waals surface area contributed by atoms with Gasteiger partial charge in [-0.2, -0.15) is 0 Å². The molecule has 2 aromatic rings. The number of nitrogens with two attached hydrogens (primary N) is 1. The quantitative estimate of drug-likeness (QED) is 0.856. The molecule has 0 aliphatic heterocycles. The van der Waals surface area contributed by atoms with Crippen molar-refractivity contribution >= 4 is 0 Å². The molecule has 0 atom stereocenters. The SMILES string of the molecule is CCc1ccc(-c2ccc(F)c(CN)c2)cc1. The Labute approximate surface area is 101 Å². The molecular formula is C15H16FN. The van der Waals surface area contributed by atoms with Crippen LogP contribution in [0.25, 0.3) is 11.1 Å². The summed E-state index contributed by atoms with van der Waals surface area (Å²) in [7, 11) is 0. The minimum atomic E-state index is -0.235. The molecule has 2 N–H and O–H groups in total. The summed E-state index contributed by atoms with van der Waals surface area (Å²) in [5.74, 6) is -0.235. The Bertz CT molecular complexity index is 503. The monoisotopic (exact) mass is 229 g/mol. The molecule has 2 aromatic carbocycles. The molecular weight excluding hydrogens is 213 g/mol. The van der Waals surface area contributed by atoms with Crippen molar-refractivity contribution in [3.8, 4) is 11.1 Å². The third-order valence-electron chi connectivity index (χ3n) is 2.96. The number of benzene rings is 2. The summed E-state index contributed by atoms with van der Waals surface area (Å²) in [6.07, 6.45) is 1.03. The zero-order chi connectivity index (χ0) is 12.3. The molecule has 0 saturated carbocycles. The Kier molecular flexibility index (Phi) is 3.55. The summed E-state index contributed by atoms with van der Waals surface area (Å²) in [5.41, 5.74) is 9.46. The van der Waals surface area contributed by atoms with Gasteiger partial charge in [-0.15, -0.1) is 0 Å². The van der Waals surface area contributed by atoms with Gasteiger partial charge in [-0.3, -0.25) is 0 Å². The van der Waals surface area contributed by atoms with Gasteiger partial charge >= 0.3 is 0 Å². The van der Waals surface area contributed by atoms with Crippen LogP contribution in [0, 0.1) is 5.82 Å². The molecule has 0 fully saturated rings. The fourth-order valence-corrected chi connectivity index (χ4v) is 1.84. The van der Waals surface area contributed by atoms with E-state index in [-0.39, 0.29) is 12.4 Å². The van der Waals surface area contributed by atoms with E-state index in [0.717, 1.165) is 17.5 Å². The first-order valence-corrected chi connectivity index (χ1v) is 5.82. The van der Waals surface area contributed by atoms with E-state index < -0.39 is 0 Å². The molecule has 0 bridgehead atoms. The summed E-state index contributed by atoms with van der Waals surface area (Å²) < 4.78 is 13.3. The Balaban J connectivity index is 2.38.